The fourth-order valence-electron chi connectivity index (χ4n) is 1.74. The predicted octanol–water partition coefficient (Wildman–Crippen LogP) is 3.95. The van der Waals surface area contributed by atoms with Gasteiger partial charge in [-0.2, -0.15) is 0 Å². The van der Waals surface area contributed by atoms with Crippen LogP contribution in [0.5, 0.6) is 0 Å². The molecule has 15 heavy (non-hydrogen) atoms. The second-order valence-corrected chi connectivity index (χ2v) is 5.37. The second-order valence-electron chi connectivity index (χ2n) is 3.81. The quantitative estimate of drug-likeness (QED) is 0.765. The van der Waals surface area contributed by atoms with Gasteiger partial charge in [-0.15, -0.1) is 0 Å². The second kappa shape index (κ2) is 4.75. The lowest BCUT2D eigenvalue weighted by atomic mass is 10.0. The Balaban J connectivity index is 2.34. The number of aryl methyl sites for hydroxylation is 1. The zero-order valence-corrected chi connectivity index (χ0v) is 10.4. The molecule has 1 aromatic carbocycles. The van der Waals surface area contributed by atoms with Crippen LogP contribution in [0.1, 0.15) is 18.9 Å². The first-order valence-electron chi connectivity index (χ1n) is 5.24. The molecule has 1 aromatic heterocycles. The highest BCUT2D eigenvalue weighted by Crippen LogP contribution is 2.19. The Bertz CT molecular complexity index is 446. The number of nitrogens with zero attached hydrogens (tertiary/aromatic N) is 1. The largest absolute Gasteiger partial charge is 0.256 e. The standard InChI is InChI=1S/C13H14BrN/c1-10(14)7-8-11-4-2-6-13-12(11)5-3-9-15-13/h2-6,9-10H,7-8H2,1H3. The maximum atomic E-state index is 4.36. The summed E-state index contributed by atoms with van der Waals surface area (Å²) < 4.78 is 0. The first kappa shape index (κ1) is 10.6. The Morgan fingerprint density at radius 3 is 2.93 bits per heavy atom. The number of rotatable bonds is 3. The summed E-state index contributed by atoms with van der Waals surface area (Å²) in [5.74, 6) is 0. The molecule has 0 saturated carbocycles. The highest BCUT2D eigenvalue weighted by molar-refractivity contribution is 9.09. The minimum atomic E-state index is 0.574. The van der Waals surface area contributed by atoms with Gasteiger partial charge in [0, 0.05) is 16.4 Å². The fraction of sp³-hybridized carbons (Fsp3) is 0.308. The number of halogens is 1. The van der Waals surface area contributed by atoms with Crippen LogP contribution in [0.3, 0.4) is 0 Å². The van der Waals surface area contributed by atoms with Crippen molar-refractivity contribution in [3.05, 3.63) is 42.1 Å². The summed E-state index contributed by atoms with van der Waals surface area (Å²) in [5, 5.41) is 1.29. The van der Waals surface area contributed by atoms with Gasteiger partial charge in [-0.1, -0.05) is 41.1 Å². The summed E-state index contributed by atoms with van der Waals surface area (Å²) >= 11 is 3.58. The van der Waals surface area contributed by atoms with E-state index in [2.05, 4.69) is 52.1 Å². The summed E-state index contributed by atoms with van der Waals surface area (Å²) in [6.07, 6.45) is 4.11. The van der Waals surface area contributed by atoms with E-state index in [1.807, 2.05) is 12.3 Å². The van der Waals surface area contributed by atoms with E-state index in [1.54, 1.807) is 0 Å². The van der Waals surface area contributed by atoms with Gasteiger partial charge in [0.2, 0.25) is 0 Å². The van der Waals surface area contributed by atoms with Gasteiger partial charge in [0.15, 0.2) is 0 Å². The molecule has 78 valence electrons. The Morgan fingerprint density at radius 1 is 1.27 bits per heavy atom. The van der Waals surface area contributed by atoms with Crippen LogP contribution in [-0.2, 0) is 6.42 Å². The van der Waals surface area contributed by atoms with Gasteiger partial charge in [0.1, 0.15) is 0 Å². The summed E-state index contributed by atoms with van der Waals surface area (Å²) in [5.41, 5.74) is 2.49. The van der Waals surface area contributed by atoms with E-state index in [1.165, 1.54) is 10.9 Å². The van der Waals surface area contributed by atoms with E-state index in [0.29, 0.717) is 4.83 Å². The summed E-state index contributed by atoms with van der Waals surface area (Å²) in [7, 11) is 0. The third-order valence-corrected chi connectivity index (χ3v) is 3.01. The van der Waals surface area contributed by atoms with Crippen LogP contribution in [0.2, 0.25) is 0 Å². The molecule has 0 N–H and O–H groups in total. The number of pyridine rings is 1. The molecule has 1 atom stereocenters. The normalized spacial score (nSPS) is 12.9. The van der Waals surface area contributed by atoms with Gasteiger partial charge in [-0.05, 0) is 30.5 Å². The van der Waals surface area contributed by atoms with Crippen molar-refractivity contribution in [2.45, 2.75) is 24.6 Å². The van der Waals surface area contributed by atoms with E-state index in [9.17, 15) is 0 Å². The number of hydrogen-bond donors (Lipinski definition) is 0. The molecule has 0 aliphatic rings. The van der Waals surface area contributed by atoms with Crippen molar-refractivity contribution in [2.24, 2.45) is 0 Å². The van der Waals surface area contributed by atoms with Gasteiger partial charge in [-0.25, -0.2) is 0 Å². The van der Waals surface area contributed by atoms with Gasteiger partial charge in [0.25, 0.3) is 0 Å². The summed E-state index contributed by atoms with van der Waals surface area (Å²) in [4.78, 5) is 4.93. The number of fused-ring (bicyclic) bond motifs is 1. The lowest BCUT2D eigenvalue weighted by Crippen LogP contribution is -1.95. The summed E-state index contributed by atoms with van der Waals surface area (Å²) in [6, 6.07) is 10.5. The summed E-state index contributed by atoms with van der Waals surface area (Å²) in [6.45, 7) is 2.18. The monoisotopic (exact) mass is 263 g/mol. The van der Waals surface area contributed by atoms with Crippen LogP contribution in [-0.4, -0.2) is 9.81 Å². The Morgan fingerprint density at radius 2 is 2.13 bits per heavy atom. The number of hydrogen-bond acceptors (Lipinski definition) is 1. The van der Waals surface area contributed by atoms with E-state index < -0.39 is 0 Å². The molecule has 1 heterocycles. The smallest absolute Gasteiger partial charge is 0.0704 e. The minimum Gasteiger partial charge on any atom is -0.256 e. The first-order chi connectivity index (χ1) is 7.27. The highest BCUT2D eigenvalue weighted by Gasteiger charge is 2.02. The van der Waals surface area contributed by atoms with Crippen LogP contribution in [0, 0.1) is 0 Å². The van der Waals surface area contributed by atoms with Crippen molar-refractivity contribution in [3.63, 3.8) is 0 Å². The molecule has 0 bridgehead atoms. The molecular weight excluding hydrogens is 250 g/mol. The molecule has 2 heteroatoms. The first-order valence-corrected chi connectivity index (χ1v) is 6.15. The topological polar surface area (TPSA) is 12.9 Å². The van der Waals surface area contributed by atoms with E-state index in [-0.39, 0.29) is 0 Å². The minimum absolute atomic E-state index is 0.574. The predicted molar refractivity (Wildman–Crippen MR) is 68.5 cm³/mol. The van der Waals surface area contributed by atoms with Crippen LogP contribution >= 0.6 is 15.9 Å². The highest BCUT2D eigenvalue weighted by atomic mass is 79.9. The van der Waals surface area contributed by atoms with Gasteiger partial charge in [0.05, 0.1) is 5.52 Å². The van der Waals surface area contributed by atoms with Crippen LogP contribution in [0.15, 0.2) is 36.5 Å². The average Bonchev–Trinajstić information content (AvgIpc) is 2.26. The van der Waals surface area contributed by atoms with Gasteiger partial charge in [-0.3, -0.25) is 4.98 Å². The molecule has 2 rings (SSSR count). The molecule has 0 saturated heterocycles. The number of benzene rings is 1. The van der Waals surface area contributed by atoms with Crippen molar-refractivity contribution in [1.82, 2.24) is 4.98 Å². The molecule has 0 radical (unpaired) electrons. The van der Waals surface area contributed by atoms with Crippen LogP contribution in [0.25, 0.3) is 10.9 Å². The molecule has 2 aromatic rings. The van der Waals surface area contributed by atoms with E-state index in [0.717, 1.165) is 18.4 Å². The molecule has 1 unspecified atom stereocenters. The number of alkyl halides is 1. The molecule has 1 nitrogen and oxygen atoms in total. The molecule has 0 fully saturated rings. The van der Waals surface area contributed by atoms with E-state index >= 15 is 0 Å². The van der Waals surface area contributed by atoms with Crippen molar-refractivity contribution < 1.29 is 0 Å². The molecule has 0 aliphatic carbocycles. The Labute approximate surface area is 98.7 Å². The number of aromatic nitrogens is 1. The van der Waals surface area contributed by atoms with Crippen LogP contribution in [0.4, 0.5) is 0 Å². The van der Waals surface area contributed by atoms with Gasteiger partial charge < -0.3 is 0 Å². The van der Waals surface area contributed by atoms with Crippen molar-refractivity contribution in [1.29, 1.82) is 0 Å². The maximum Gasteiger partial charge on any atom is 0.0704 e. The molecular formula is C13H14BrN. The molecule has 0 aliphatic heterocycles. The zero-order valence-electron chi connectivity index (χ0n) is 8.78. The van der Waals surface area contributed by atoms with Crippen molar-refractivity contribution in [3.8, 4) is 0 Å². The van der Waals surface area contributed by atoms with Crippen molar-refractivity contribution >= 4 is 26.8 Å². The lowest BCUT2D eigenvalue weighted by molar-refractivity contribution is 0.826. The maximum absolute atomic E-state index is 4.36. The van der Waals surface area contributed by atoms with E-state index in [4.69, 9.17) is 0 Å². The fourth-order valence-corrected chi connectivity index (χ4v) is 1.97. The molecule has 0 amide bonds. The van der Waals surface area contributed by atoms with Gasteiger partial charge >= 0.3 is 0 Å². The van der Waals surface area contributed by atoms with Crippen molar-refractivity contribution in [2.75, 3.05) is 0 Å². The third kappa shape index (κ3) is 2.57. The van der Waals surface area contributed by atoms with Crippen LogP contribution < -0.4 is 0 Å². The molecule has 0 spiro atoms. The third-order valence-electron chi connectivity index (χ3n) is 2.55. The lowest BCUT2D eigenvalue weighted by Gasteiger charge is -2.06. The zero-order chi connectivity index (χ0) is 10.7. The Hall–Kier alpha value is -0.890. The SMILES string of the molecule is CC(Br)CCc1cccc2ncccc12. The Kier molecular flexibility index (Phi) is 3.37. The average molecular weight is 264 g/mol.